The highest BCUT2D eigenvalue weighted by Crippen LogP contribution is 2.48. The number of carbonyl (C=O) groups excluding carboxylic acids is 1. The minimum Gasteiger partial charge on any atom is -0.456 e. The Bertz CT molecular complexity index is 370. The van der Waals surface area contributed by atoms with Gasteiger partial charge in [0.25, 0.3) is 5.79 Å². The predicted octanol–water partition coefficient (Wildman–Crippen LogP) is 0.721. The van der Waals surface area contributed by atoms with Crippen LogP contribution in [0.2, 0.25) is 0 Å². The molecule has 0 aromatic heterocycles. The van der Waals surface area contributed by atoms with E-state index in [-0.39, 0.29) is 6.42 Å². The van der Waals surface area contributed by atoms with Gasteiger partial charge in [0.15, 0.2) is 18.5 Å². The molecule has 0 saturated carbocycles. The number of halogens is 3. The SMILES string of the molecule is CC1(C(F)(F)F)OC2OC3CC(=O)OC3C2O1. The van der Waals surface area contributed by atoms with Gasteiger partial charge in [-0.1, -0.05) is 0 Å². The zero-order valence-corrected chi connectivity index (χ0v) is 8.69. The average molecular weight is 254 g/mol. The number of alkyl halides is 3. The summed E-state index contributed by atoms with van der Waals surface area (Å²) in [6.07, 6.45) is -8.18. The summed E-state index contributed by atoms with van der Waals surface area (Å²) >= 11 is 0. The summed E-state index contributed by atoms with van der Waals surface area (Å²) < 4.78 is 57.6. The van der Waals surface area contributed by atoms with Crippen molar-refractivity contribution in [2.75, 3.05) is 0 Å². The number of carbonyl (C=O) groups is 1. The van der Waals surface area contributed by atoms with Crippen LogP contribution in [0.3, 0.4) is 0 Å². The number of ether oxygens (including phenoxy) is 4. The zero-order valence-electron chi connectivity index (χ0n) is 8.69. The fraction of sp³-hybridized carbons (Fsp3) is 0.889. The molecule has 3 aliphatic heterocycles. The molecule has 17 heavy (non-hydrogen) atoms. The lowest BCUT2D eigenvalue weighted by atomic mass is 10.1. The van der Waals surface area contributed by atoms with Gasteiger partial charge in [0.1, 0.15) is 6.10 Å². The molecular weight excluding hydrogens is 245 g/mol. The van der Waals surface area contributed by atoms with E-state index in [0.29, 0.717) is 0 Å². The third-order valence-electron chi connectivity index (χ3n) is 3.12. The van der Waals surface area contributed by atoms with E-state index in [1.54, 1.807) is 0 Å². The van der Waals surface area contributed by atoms with E-state index < -0.39 is 42.5 Å². The van der Waals surface area contributed by atoms with Gasteiger partial charge >= 0.3 is 12.1 Å². The normalized spacial score (nSPS) is 49.1. The van der Waals surface area contributed by atoms with Crippen molar-refractivity contribution in [1.82, 2.24) is 0 Å². The largest absolute Gasteiger partial charge is 0.456 e. The molecule has 0 amide bonds. The quantitative estimate of drug-likeness (QED) is 0.596. The standard InChI is InChI=1S/C9H9F3O5/c1-8(9(10,11)12)16-6-5-3(2-4(13)15-5)14-7(6)17-8/h3,5-7H,2H2,1H3. The van der Waals surface area contributed by atoms with Gasteiger partial charge in [-0.25, -0.2) is 0 Å². The molecule has 5 atom stereocenters. The van der Waals surface area contributed by atoms with Crippen molar-refractivity contribution in [3.8, 4) is 0 Å². The Balaban J connectivity index is 1.80. The first-order valence-corrected chi connectivity index (χ1v) is 5.07. The first-order valence-electron chi connectivity index (χ1n) is 5.07. The van der Waals surface area contributed by atoms with Crippen LogP contribution in [-0.4, -0.2) is 42.5 Å². The van der Waals surface area contributed by atoms with Crippen LogP contribution in [0.25, 0.3) is 0 Å². The van der Waals surface area contributed by atoms with Crippen molar-refractivity contribution in [3.63, 3.8) is 0 Å². The monoisotopic (exact) mass is 254 g/mol. The minimum atomic E-state index is -4.67. The fourth-order valence-electron chi connectivity index (χ4n) is 2.23. The third kappa shape index (κ3) is 1.47. The van der Waals surface area contributed by atoms with Gasteiger partial charge in [-0.05, 0) is 6.92 Å². The zero-order chi connectivity index (χ0) is 12.4. The molecule has 0 aromatic carbocycles. The Labute approximate surface area is 93.8 Å². The molecule has 3 aliphatic rings. The topological polar surface area (TPSA) is 54.0 Å². The van der Waals surface area contributed by atoms with Crippen molar-refractivity contribution in [1.29, 1.82) is 0 Å². The van der Waals surface area contributed by atoms with Gasteiger partial charge in [-0.15, -0.1) is 0 Å². The average Bonchev–Trinajstić information content (AvgIpc) is 2.73. The molecule has 0 N–H and O–H groups in total. The summed E-state index contributed by atoms with van der Waals surface area (Å²) in [7, 11) is 0. The summed E-state index contributed by atoms with van der Waals surface area (Å²) in [5.41, 5.74) is 0. The lowest BCUT2D eigenvalue weighted by Gasteiger charge is -2.27. The highest BCUT2D eigenvalue weighted by molar-refractivity contribution is 5.73. The van der Waals surface area contributed by atoms with E-state index in [4.69, 9.17) is 18.9 Å². The highest BCUT2D eigenvalue weighted by atomic mass is 19.4. The molecule has 3 fully saturated rings. The molecule has 3 rings (SSSR count). The molecule has 5 nitrogen and oxygen atoms in total. The van der Waals surface area contributed by atoms with Gasteiger partial charge in [0.2, 0.25) is 0 Å². The third-order valence-corrected chi connectivity index (χ3v) is 3.12. The Hall–Kier alpha value is -0.860. The van der Waals surface area contributed by atoms with E-state index in [2.05, 4.69) is 0 Å². The number of hydrogen-bond acceptors (Lipinski definition) is 5. The minimum absolute atomic E-state index is 0.0210. The lowest BCUT2D eigenvalue weighted by Crippen LogP contribution is -2.45. The maximum Gasteiger partial charge on any atom is 0.443 e. The van der Waals surface area contributed by atoms with Gasteiger partial charge in [0, 0.05) is 0 Å². The van der Waals surface area contributed by atoms with Gasteiger partial charge in [0.05, 0.1) is 6.42 Å². The summed E-state index contributed by atoms with van der Waals surface area (Å²) in [6, 6.07) is 0. The Morgan fingerprint density at radius 3 is 2.65 bits per heavy atom. The van der Waals surface area contributed by atoms with Gasteiger partial charge in [-0.3, -0.25) is 4.79 Å². The Morgan fingerprint density at radius 2 is 2.00 bits per heavy atom. The predicted molar refractivity (Wildman–Crippen MR) is 43.6 cm³/mol. The second-order valence-corrected chi connectivity index (χ2v) is 4.35. The van der Waals surface area contributed by atoms with Crippen molar-refractivity contribution >= 4 is 5.97 Å². The molecule has 0 spiro atoms. The van der Waals surface area contributed by atoms with Crippen LogP contribution < -0.4 is 0 Å². The van der Waals surface area contributed by atoms with Crippen LogP contribution in [0.15, 0.2) is 0 Å². The number of rotatable bonds is 0. The Morgan fingerprint density at radius 1 is 1.29 bits per heavy atom. The maximum atomic E-state index is 12.7. The molecule has 0 aromatic rings. The van der Waals surface area contributed by atoms with Crippen molar-refractivity contribution < 1.29 is 36.9 Å². The summed E-state index contributed by atoms with van der Waals surface area (Å²) in [5.74, 6) is -3.20. The summed E-state index contributed by atoms with van der Waals surface area (Å²) in [6.45, 7) is 0.778. The van der Waals surface area contributed by atoms with Crippen molar-refractivity contribution in [2.45, 2.75) is 49.9 Å². The van der Waals surface area contributed by atoms with E-state index >= 15 is 0 Å². The first kappa shape index (κ1) is 11.2. The van der Waals surface area contributed by atoms with Crippen LogP contribution in [0.4, 0.5) is 13.2 Å². The highest BCUT2D eigenvalue weighted by Gasteiger charge is 2.68. The molecule has 0 bridgehead atoms. The smallest absolute Gasteiger partial charge is 0.443 e. The molecule has 3 saturated heterocycles. The summed E-state index contributed by atoms with van der Waals surface area (Å²) in [5, 5.41) is 0. The molecule has 8 heteroatoms. The van der Waals surface area contributed by atoms with Crippen LogP contribution in [0, 0.1) is 0 Å². The van der Waals surface area contributed by atoms with E-state index in [1.165, 1.54) is 0 Å². The number of hydrogen-bond donors (Lipinski definition) is 0. The van der Waals surface area contributed by atoms with Crippen LogP contribution in [-0.2, 0) is 23.7 Å². The first-order chi connectivity index (χ1) is 7.80. The van der Waals surface area contributed by atoms with E-state index in [9.17, 15) is 18.0 Å². The fourth-order valence-corrected chi connectivity index (χ4v) is 2.23. The van der Waals surface area contributed by atoms with E-state index in [0.717, 1.165) is 6.92 Å². The number of esters is 1. The molecule has 96 valence electrons. The molecular formula is C9H9F3O5. The molecule has 0 radical (unpaired) electrons. The van der Waals surface area contributed by atoms with Crippen LogP contribution >= 0.6 is 0 Å². The summed E-state index contributed by atoms with van der Waals surface area (Å²) in [4.78, 5) is 11.0. The molecule has 0 aliphatic carbocycles. The van der Waals surface area contributed by atoms with Crippen molar-refractivity contribution in [2.24, 2.45) is 0 Å². The Kier molecular flexibility index (Phi) is 2.06. The van der Waals surface area contributed by atoms with Gasteiger partial charge in [-0.2, -0.15) is 13.2 Å². The second kappa shape index (κ2) is 3.12. The number of fused-ring (bicyclic) bond motifs is 3. The van der Waals surface area contributed by atoms with E-state index in [1.807, 2.05) is 0 Å². The van der Waals surface area contributed by atoms with Crippen LogP contribution in [0.5, 0.6) is 0 Å². The molecule has 3 heterocycles. The van der Waals surface area contributed by atoms with Crippen LogP contribution in [0.1, 0.15) is 13.3 Å². The van der Waals surface area contributed by atoms with Crippen molar-refractivity contribution in [3.05, 3.63) is 0 Å². The van der Waals surface area contributed by atoms with Gasteiger partial charge < -0.3 is 18.9 Å². The molecule has 5 unspecified atom stereocenters. The maximum absolute atomic E-state index is 12.7. The second-order valence-electron chi connectivity index (χ2n) is 4.35. The lowest BCUT2D eigenvalue weighted by molar-refractivity contribution is -0.358.